The summed E-state index contributed by atoms with van der Waals surface area (Å²) in [5.41, 5.74) is 2.48. The smallest absolute Gasteiger partial charge is 0.225 e. The van der Waals surface area contributed by atoms with Crippen LogP contribution in [0.25, 0.3) is 0 Å². The van der Waals surface area contributed by atoms with Crippen molar-refractivity contribution in [3.63, 3.8) is 0 Å². The first-order valence-corrected chi connectivity index (χ1v) is 8.95. The molecule has 1 heterocycles. The van der Waals surface area contributed by atoms with Crippen LogP contribution in [0.4, 0.5) is 5.69 Å². The van der Waals surface area contributed by atoms with Crippen LogP contribution in [0.15, 0.2) is 48.5 Å². The van der Waals surface area contributed by atoms with E-state index in [0.717, 1.165) is 32.5 Å². The highest BCUT2D eigenvalue weighted by atomic mass is 16.3. The molecule has 0 spiro atoms. The van der Waals surface area contributed by atoms with E-state index in [0.29, 0.717) is 29.3 Å². The van der Waals surface area contributed by atoms with Crippen molar-refractivity contribution in [2.45, 2.75) is 25.2 Å². The van der Waals surface area contributed by atoms with Crippen molar-refractivity contribution in [3.05, 3.63) is 59.7 Å². The Labute approximate surface area is 153 Å². The van der Waals surface area contributed by atoms with Gasteiger partial charge >= 0.3 is 0 Å². The Morgan fingerprint density at radius 1 is 1.19 bits per heavy atom. The highest BCUT2D eigenvalue weighted by molar-refractivity contribution is 5.90. The van der Waals surface area contributed by atoms with Gasteiger partial charge in [0.1, 0.15) is 5.75 Å². The molecule has 134 valence electrons. The van der Waals surface area contributed by atoms with Crippen LogP contribution in [0.5, 0.6) is 5.75 Å². The fourth-order valence-corrected chi connectivity index (χ4v) is 3.39. The minimum atomic E-state index is -0.0271. The van der Waals surface area contributed by atoms with Crippen molar-refractivity contribution in [1.82, 2.24) is 4.90 Å². The second-order valence-electron chi connectivity index (χ2n) is 6.70. The molecule has 2 aromatic rings. The number of nitrogens with one attached hydrogen (secondary N) is 1. The number of carbonyl (C=O) groups excluding carboxylic acids is 1. The minimum Gasteiger partial charge on any atom is -0.508 e. The van der Waals surface area contributed by atoms with Crippen molar-refractivity contribution >= 4 is 11.6 Å². The van der Waals surface area contributed by atoms with E-state index in [4.69, 9.17) is 5.26 Å². The number of hydrogen-bond acceptors (Lipinski definition) is 4. The molecule has 0 unspecified atom stereocenters. The number of nitriles is 1. The maximum absolute atomic E-state index is 12.1. The summed E-state index contributed by atoms with van der Waals surface area (Å²) in [6.07, 6.45) is 2.58. The van der Waals surface area contributed by atoms with Crippen LogP contribution in [0.3, 0.4) is 0 Å². The number of benzene rings is 2. The largest absolute Gasteiger partial charge is 0.508 e. The van der Waals surface area contributed by atoms with Gasteiger partial charge in [0.15, 0.2) is 0 Å². The Bertz CT molecular complexity index is 788. The highest BCUT2D eigenvalue weighted by Crippen LogP contribution is 2.29. The molecule has 0 aromatic heterocycles. The molecule has 1 aliphatic heterocycles. The lowest BCUT2D eigenvalue weighted by atomic mass is 9.89. The van der Waals surface area contributed by atoms with Gasteiger partial charge in [0.2, 0.25) is 5.91 Å². The van der Waals surface area contributed by atoms with E-state index in [1.54, 1.807) is 36.4 Å². The molecule has 0 atom stereocenters. The molecule has 26 heavy (non-hydrogen) atoms. The molecular weight excluding hydrogens is 326 g/mol. The summed E-state index contributed by atoms with van der Waals surface area (Å²) in [6.45, 7) is 2.69. The van der Waals surface area contributed by atoms with E-state index in [1.165, 1.54) is 5.56 Å². The van der Waals surface area contributed by atoms with Gasteiger partial charge in [-0.05, 0) is 67.7 Å². The molecule has 0 bridgehead atoms. The quantitative estimate of drug-likeness (QED) is 0.866. The van der Waals surface area contributed by atoms with Crippen LogP contribution in [0.2, 0.25) is 0 Å². The summed E-state index contributed by atoms with van der Waals surface area (Å²) < 4.78 is 0. The number of likely N-dealkylation sites (tertiary alicyclic amines) is 1. The first-order chi connectivity index (χ1) is 12.6. The second kappa shape index (κ2) is 8.50. The number of amides is 1. The Morgan fingerprint density at radius 2 is 1.92 bits per heavy atom. The van der Waals surface area contributed by atoms with E-state index in [9.17, 15) is 9.90 Å². The van der Waals surface area contributed by atoms with Gasteiger partial charge in [-0.15, -0.1) is 0 Å². The van der Waals surface area contributed by atoms with Crippen LogP contribution in [0.1, 0.15) is 36.3 Å². The number of rotatable bonds is 5. The molecule has 5 heteroatoms. The van der Waals surface area contributed by atoms with Crippen LogP contribution in [0, 0.1) is 11.3 Å². The normalized spacial score (nSPS) is 15.3. The number of phenols is 1. The van der Waals surface area contributed by atoms with E-state index in [2.05, 4.69) is 16.3 Å². The zero-order valence-corrected chi connectivity index (χ0v) is 14.7. The van der Waals surface area contributed by atoms with E-state index >= 15 is 0 Å². The summed E-state index contributed by atoms with van der Waals surface area (Å²) in [4.78, 5) is 14.4. The van der Waals surface area contributed by atoms with Gasteiger partial charge in [-0.3, -0.25) is 4.79 Å². The number of aromatic hydroxyl groups is 1. The van der Waals surface area contributed by atoms with Crippen LogP contribution in [-0.4, -0.2) is 35.5 Å². The molecule has 1 amide bonds. The predicted molar refractivity (Wildman–Crippen MR) is 101 cm³/mol. The van der Waals surface area contributed by atoms with Crippen LogP contribution >= 0.6 is 0 Å². The number of anilines is 1. The molecule has 0 saturated carbocycles. The summed E-state index contributed by atoms with van der Waals surface area (Å²) in [6, 6.07) is 16.5. The SMILES string of the molecule is N#Cc1cccc(NC(=O)CCN2CCC(c3ccc(O)cc3)CC2)c1. The monoisotopic (exact) mass is 349 g/mol. The third kappa shape index (κ3) is 4.84. The number of carbonyl (C=O) groups is 1. The van der Waals surface area contributed by atoms with Crippen molar-refractivity contribution in [3.8, 4) is 11.8 Å². The molecular formula is C21H23N3O2. The van der Waals surface area contributed by atoms with E-state index in [-0.39, 0.29) is 5.91 Å². The van der Waals surface area contributed by atoms with Gasteiger partial charge < -0.3 is 15.3 Å². The van der Waals surface area contributed by atoms with Crippen LogP contribution < -0.4 is 5.32 Å². The van der Waals surface area contributed by atoms with Crippen molar-refractivity contribution in [2.75, 3.05) is 25.0 Å². The standard InChI is InChI=1S/C21H23N3O2/c22-15-16-2-1-3-19(14-16)23-21(26)10-13-24-11-8-18(9-12-24)17-4-6-20(25)7-5-17/h1-7,14,18,25H,8-13H2,(H,23,26). The molecule has 0 aliphatic carbocycles. The molecule has 1 aliphatic rings. The zero-order valence-electron chi connectivity index (χ0n) is 14.7. The molecule has 1 saturated heterocycles. The Balaban J connectivity index is 1.42. The number of phenolic OH excluding ortho intramolecular Hbond substituents is 1. The fourth-order valence-electron chi connectivity index (χ4n) is 3.39. The molecule has 0 radical (unpaired) electrons. The van der Waals surface area contributed by atoms with Gasteiger partial charge in [-0.2, -0.15) is 5.26 Å². The molecule has 2 aromatic carbocycles. The van der Waals surface area contributed by atoms with Crippen molar-refractivity contribution in [1.29, 1.82) is 5.26 Å². The van der Waals surface area contributed by atoms with Gasteiger partial charge in [-0.1, -0.05) is 18.2 Å². The lowest BCUT2D eigenvalue weighted by Gasteiger charge is -2.32. The Morgan fingerprint density at radius 3 is 2.62 bits per heavy atom. The molecule has 1 fully saturated rings. The number of nitrogens with zero attached hydrogens (tertiary/aromatic N) is 2. The average Bonchev–Trinajstić information content (AvgIpc) is 2.67. The summed E-state index contributed by atoms with van der Waals surface area (Å²) >= 11 is 0. The maximum Gasteiger partial charge on any atom is 0.225 e. The predicted octanol–water partition coefficient (Wildman–Crippen LogP) is 3.47. The van der Waals surface area contributed by atoms with E-state index < -0.39 is 0 Å². The van der Waals surface area contributed by atoms with Crippen molar-refractivity contribution in [2.24, 2.45) is 0 Å². The topological polar surface area (TPSA) is 76.4 Å². The summed E-state index contributed by atoms with van der Waals surface area (Å²) in [5.74, 6) is 0.799. The van der Waals surface area contributed by atoms with Gasteiger partial charge in [0, 0.05) is 18.7 Å². The van der Waals surface area contributed by atoms with Crippen molar-refractivity contribution < 1.29 is 9.90 Å². The van der Waals surface area contributed by atoms with Gasteiger partial charge in [-0.25, -0.2) is 0 Å². The fraction of sp³-hybridized carbons (Fsp3) is 0.333. The van der Waals surface area contributed by atoms with Crippen LogP contribution in [-0.2, 0) is 4.79 Å². The third-order valence-corrected chi connectivity index (χ3v) is 4.88. The Hall–Kier alpha value is -2.84. The van der Waals surface area contributed by atoms with Gasteiger partial charge in [0.05, 0.1) is 11.6 Å². The second-order valence-corrected chi connectivity index (χ2v) is 6.70. The minimum absolute atomic E-state index is 0.0271. The zero-order chi connectivity index (χ0) is 18.4. The molecule has 5 nitrogen and oxygen atoms in total. The lowest BCUT2D eigenvalue weighted by molar-refractivity contribution is -0.116. The van der Waals surface area contributed by atoms with E-state index in [1.807, 2.05) is 12.1 Å². The average molecular weight is 349 g/mol. The first-order valence-electron chi connectivity index (χ1n) is 8.95. The molecule has 2 N–H and O–H groups in total. The summed E-state index contributed by atoms with van der Waals surface area (Å²) in [7, 11) is 0. The molecule has 3 rings (SSSR count). The summed E-state index contributed by atoms with van der Waals surface area (Å²) in [5, 5.41) is 21.2. The lowest BCUT2D eigenvalue weighted by Crippen LogP contribution is -2.35. The highest BCUT2D eigenvalue weighted by Gasteiger charge is 2.20. The first kappa shape index (κ1) is 18.0. The maximum atomic E-state index is 12.1. The Kier molecular flexibility index (Phi) is 5.88. The number of hydrogen-bond donors (Lipinski definition) is 2. The van der Waals surface area contributed by atoms with Gasteiger partial charge in [0.25, 0.3) is 0 Å². The number of piperidine rings is 1. The third-order valence-electron chi connectivity index (χ3n) is 4.88.